The van der Waals surface area contributed by atoms with E-state index >= 15 is 0 Å². The third-order valence-corrected chi connectivity index (χ3v) is 1.91. The fourth-order valence-corrected chi connectivity index (χ4v) is 1.43. The number of hydrogen-bond acceptors (Lipinski definition) is 2. The molecule has 0 saturated carbocycles. The fraction of sp³-hybridized carbons (Fsp3) is 0.750. The van der Waals surface area contributed by atoms with Gasteiger partial charge in [0.15, 0.2) is 0 Å². The number of likely N-dealkylation sites (tertiary alicyclic amines) is 1. The molecule has 1 heterocycles. The number of hydrogen-bond donors (Lipinski definition) is 1. The first-order valence-electron chi connectivity index (χ1n) is 3.84. The molecule has 1 aliphatic heterocycles. The standard InChI is InChI=1S/C8H16N2/c1-3-4-10-6-8(7-10)5-9-2/h3,8-9H,1,4-7H2,2H3. The van der Waals surface area contributed by atoms with E-state index in [0.29, 0.717) is 0 Å². The molecule has 0 aromatic rings. The molecule has 1 fully saturated rings. The van der Waals surface area contributed by atoms with Gasteiger partial charge in [0, 0.05) is 26.2 Å². The minimum atomic E-state index is 0.880. The molecule has 0 amide bonds. The summed E-state index contributed by atoms with van der Waals surface area (Å²) in [5, 5.41) is 3.18. The molecule has 0 bridgehead atoms. The second-order valence-electron chi connectivity index (χ2n) is 2.93. The summed E-state index contributed by atoms with van der Waals surface area (Å²) < 4.78 is 0. The minimum Gasteiger partial charge on any atom is -0.319 e. The molecule has 0 aromatic carbocycles. The van der Waals surface area contributed by atoms with Crippen LogP contribution in [-0.4, -0.2) is 38.1 Å². The van der Waals surface area contributed by atoms with Crippen LogP contribution < -0.4 is 5.32 Å². The molecule has 1 aliphatic rings. The van der Waals surface area contributed by atoms with E-state index in [-0.39, 0.29) is 0 Å². The lowest BCUT2D eigenvalue weighted by Crippen LogP contribution is -2.50. The fourth-order valence-electron chi connectivity index (χ4n) is 1.43. The van der Waals surface area contributed by atoms with Gasteiger partial charge in [0.1, 0.15) is 0 Å². The number of nitrogens with one attached hydrogen (secondary N) is 1. The third kappa shape index (κ3) is 1.82. The highest BCUT2D eigenvalue weighted by molar-refractivity contribution is 4.85. The van der Waals surface area contributed by atoms with E-state index in [0.717, 1.165) is 19.0 Å². The van der Waals surface area contributed by atoms with Gasteiger partial charge in [-0.1, -0.05) is 6.08 Å². The molecule has 1 saturated heterocycles. The number of nitrogens with zero attached hydrogens (tertiary/aromatic N) is 1. The summed E-state index contributed by atoms with van der Waals surface area (Å²) >= 11 is 0. The second kappa shape index (κ2) is 3.74. The van der Waals surface area contributed by atoms with E-state index in [1.54, 1.807) is 0 Å². The van der Waals surface area contributed by atoms with Crippen LogP contribution in [0.25, 0.3) is 0 Å². The highest BCUT2D eigenvalue weighted by Gasteiger charge is 2.23. The van der Waals surface area contributed by atoms with Crippen LogP contribution in [0.5, 0.6) is 0 Å². The van der Waals surface area contributed by atoms with E-state index in [9.17, 15) is 0 Å². The van der Waals surface area contributed by atoms with Gasteiger partial charge in [-0.3, -0.25) is 4.90 Å². The molecule has 10 heavy (non-hydrogen) atoms. The first-order valence-corrected chi connectivity index (χ1v) is 3.84. The Labute approximate surface area is 62.9 Å². The van der Waals surface area contributed by atoms with Crippen LogP contribution in [0.1, 0.15) is 0 Å². The van der Waals surface area contributed by atoms with Gasteiger partial charge in [-0.2, -0.15) is 0 Å². The zero-order valence-electron chi connectivity index (χ0n) is 6.64. The van der Waals surface area contributed by atoms with Crippen molar-refractivity contribution in [3.63, 3.8) is 0 Å². The highest BCUT2D eigenvalue weighted by Crippen LogP contribution is 2.13. The third-order valence-electron chi connectivity index (χ3n) is 1.91. The lowest BCUT2D eigenvalue weighted by atomic mass is 10.0. The summed E-state index contributed by atoms with van der Waals surface area (Å²) in [6.07, 6.45) is 1.97. The normalized spacial score (nSPS) is 20.5. The summed E-state index contributed by atoms with van der Waals surface area (Å²) in [5.41, 5.74) is 0. The van der Waals surface area contributed by atoms with Crippen LogP contribution in [0, 0.1) is 5.92 Å². The van der Waals surface area contributed by atoms with Crippen molar-refractivity contribution in [1.82, 2.24) is 10.2 Å². The van der Waals surface area contributed by atoms with E-state index in [4.69, 9.17) is 0 Å². The van der Waals surface area contributed by atoms with Crippen molar-refractivity contribution in [3.8, 4) is 0 Å². The molecule has 2 heteroatoms. The Kier molecular flexibility index (Phi) is 2.90. The lowest BCUT2D eigenvalue weighted by molar-refractivity contribution is 0.116. The van der Waals surface area contributed by atoms with E-state index in [1.165, 1.54) is 13.1 Å². The van der Waals surface area contributed by atoms with Gasteiger partial charge >= 0.3 is 0 Å². The molecule has 0 radical (unpaired) electrons. The van der Waals surface area contributed by atoms with Gasteiger partial charge in [-0.25, -0.2) is 0 Å². The van der Waals surface area contributed by atoms with Crippen molar-refractivity contribution in [2.24, 2.45) is 5.92 Å². The minimum absolute atomic E-state index is 0.880. The van der Waals surface area contributed by atoms with Crippen LogP contribution in [0.2, 0.25) is 0 Å². The molecule has 0 unspecified atom stereocenters. The average Bonchev–Trinajstić information content (AvgIpc) is 1.84. The van der Waals surface area contributed by atoms with E-state index in [2.05, 4.69) is 16.8 Å². The predicted molar refractivity (Wildman–Crippen MR) is 44.1 cm³/mol. The summed E-state index contributed by atoms with van der Waals surface area (Å²) in [4.78, 5) is 2.40. The van der Waals surface area contributed by atoms with Crippen molar-refractivity contribution in [2.45, 2.75) is 0 Å². The smallest absolute Gasteiger partial charge is 0.0160 e. The Morgan fingerprint density at radius 1 is 1.70 bits per heavy atom. The zero-order valence-corrected chi connectivity index (χ0v) is 6.64. The Hall–Kier alpha value is -0.340. The summed E-state index contributed by atoms with van der Waals surface area (Å²) in [5.74, 6) is 0.880. The van der Waals surface area contributed by atoms with Crippen molar-refractivity contribution in [3.05, 3.63) is 12.7 Å². The first kappa shape index (κ1) is 7.76. The molecule has 0 spiro atoms. The maximum absolute atomic E-state index is 3.70. The molecule has 0 atom stereocenters. The first-order chi connectivity index (χ1) is 4.86. The van der Waals surface area contributed by atoms with Gasteiger partial charge in [0.05, 0.1) is 0 Å². The number of rotatable bonds is 4. The molecule has 58 valence electrons. The Balaban J connectivity index is 2.00. The molecular formula is C8H16N2. The molecule has 0 aliphatic carbocycles. The molecule has 1 N–H and O–H groups in total. The average molecular weight is 140 g/mol. The lowest BCUT2D eigenvalue weighted by Gasteiger charge is -2.38. The van der Waals surface area contributed by atoms with Gasteiger partial charge in [-0.15, -0.1) is 6.58 Å². The van der Waals surface area contributed by atoms with Crippen LogP contribution in [0.4, 0.5) is 0 Å². The predicted octanol–water partition coefficient (Wildman–Crippen LogP) is 0.324. The highest BCUT2D eigenvalue weighted by atomic mass is 15.2. The quantitative estimate of drug-likeness (QED) is 0.566. The molecular weight excluding hydrogens is 124 g/mol. The van der Waals surface area contributed by atoms with Gasteiger partial charge < -0.3 is 5.32 Å². The molecule has 2 nitrogen and oxygen atoms in total. The largest absolute Gasteiger partial charge is 0.319 e. The van der Waals surface area contributed by atoms with Crippen molar-refractivity contribution in [2.75, 3.05) is 33.2 Å². The Morgan fingerprint density at radius 2 is 2.40 bits per heavy atom. The van der Waals surface area contributed by atoms with Gasteiger partial charge in [0.25, 0.3) is 0 Å². The summed E-state index contributed by atoms with van der Waals surface area (Å²) in [6, 6.07) is 0. The van der Waals surface area contributed by atoms with Crippen LogP contribution in [0.15, 0.2) is 12.7 Å². The zero-order chi connectivity index (χ0) is 7.40. The van der Waals surface area contributed by atoms with Gasteiger partial charge in [-0.05, 0) is 13.0 Å². The van der Waals surface area contributed by atoms with E-state index in [1.807, 2.05) is 13.1 Å². The maximum Gasteiger partial charge on any atom is 0.0160 e. The monoisotopic (exact) mass is 140 g/mol. The Bertz CT molecular complexity index is 106. The molecule has 0 aromatic heterocycles. The van der Waals surface area contributed by atoms with Crippen LogP contribution in [0.3, 0.4) is 0 Å². The summed E-state index contributed by atoms with van der Waals surface area (Å²) in [6.45, 7) is 8.40. The van der Waals surface area contributed by atoms with Gasteiger partial charge in [0.2, 0.25) is 0 Å². The van der Waals surface area contributed by atoms with Crippen molar-refractivity contribution < 1.29 is 0 Å². The van der Waals surface area contributed by atoms with Crippen molar-refractivity contribution >= 4 is 0 Å². The van der Waals surface area contributed by atoms with Crippen LogP contribution >= 0.6 is 0 Å². The second-order valence-corrected chi connectivity index (χ2v) is 2.93. The summed E-state index contributed by atoms with van der Waals surface area (Å²) in [7, 11) is 2.01. The van der Waals surface area contributed by atoms with Crippen molar-refractivity contribution in [1.29, 1.82) is 0 Å². The maximum atomic E-state index is 3.70. The molecule has 1 rings (SSSR count). The van der Waals surface area contributed by atoms with Crippen LogP contribution in [-0.2, 0) is 0 Å². The SMILES string of the molecule is C=CCN1CC(CNC)C1. The Morgan fingerprint density at radius 3 is 2.90 bits per heavy atom. The topological polar surface area (TPSA) is 15.3 Å². The van der Waals surface area contributed by atoms with E-state index < -0.39 is 0 Å².